The zero-order chi connectivity index (χ0) is 19.4. The highest BCUT2D eigenvalue weighted by Crippen LogP contribution is 2.23. The lowest BCUT2D eigenvalue weighted by Gasteiger charge is -2.17. The summed E-state index contributed by atoms with van der Waals surface area (Å²) in [6.07, 6.45) is 0.434. The van der Waals surface area contributed by atoms with Crippen molar-refractivity contribution < 1.29 is 22.7 Å². The van der Waals surface area contributed by atoms with E-state index in [4.69, 9.17) is 4.74 Å². The van der Waals surface area contributed by atoms with Gasteiger partial charge in [-0.05, 0) is 25.1 Å². The molecule has 3 rings (SSSR count). The first-order chi connectivity index (χ1) is 12.9. The summed E-state index contributed by atoms with van der Waals surface area (Å²) < 4.78 is 33.9. The molecule has 0 aromatic heterocycles. The molecule has 0 bridgehead atoms. The summed E-state index contributed by atoms with van der Waals surface area (Å²) >= 11 is 0. The highest BCUT2D eigenvalue weighted by atomic mass is 32.2. The van der Waals surface area contributed by atoms with Crippen molar-refractivity contribution in [3.63, 3.8) is 0 Å². The summed E-state index contributed by atoms with van der Waals surface area (Å²) in [4.78, 5) is 24.3. The van der Waals surface area contributed by atoms with Crippen molar-refractivity contribution in [1.82, 2.24) is 5.32 Å². The Morgan fingerprint density at radius 3 is 2.33 bits per heavy atom. The lowest BCUT2D eigenvalue weighted by Crippen LogP contribution is -2.32. The number of Topliss-reactive ketones (excluding diaryl/α,β-unsaturated/α-hetero) is 1. The molecule has 2 aromatic rings. The van der Waals surface area contributed by atoms with Gasteiger partial charge in [0.05, 0.1) is 22.9 Å². The van der Waals surface area contributed by atoms with Gasteiger partial charge in [-0.2, -0.15) is 12.8 Å². The van der Waals surface area contributed by atoms with E-state index in [0.717, 1.165) is 0 Å². The Bertz CT molecular complexity index is 1060. The highest BCUT2D eigenvalue weighted by molar-refractivity contribution is 7.90. The van der Waals surface area contributed by atoms with Crippen LogP contribution < -0.4 is 5.32 Å². The summed E-state index contributed by atoms with van der Waals surface area (Å²) in [5.41, 5.74) is 0.570. The van der Waals surface area contributed by atoms with E-state index in [1.165, 1.54) is 18.2 Å². The number of ketones is 1. The number of rotatable bonds is 4. The Balaban J connectivity index is 2.10. The summed E-state index contributed by atoms with van der Waals surface area (Å²) in [6.45, 7) is 1.76. The maximum atomic E-state index is 12.6. The Kier molecular flexibility index (Phi) is 5.18. The number of hydrogen-bond acceptors (Lipinski definition) is 5. The predicted octanol–water partition coefficient (Wildman–Crippen LogP) is 2.69. The van der Waals surface area contributed by atoms with Crippen LogP contribution in [0, 0.1) is 0 Å². The quantitative estimate of drug-likeness (QED) is 0.873. The Hall–Kier alpha value is -3.26. The van der Waals surface area contributed by atoms with E-state index in [1.807, 2.05) is 0 Å². The minimum atomic E-state index is -3.99. The molecule has 1 N–H and O–H groups in total. The van der Waals surface area contributed by atoms with E-state index >= 15 is 0 Å². The standard InChI is InChI=1S/C19H16N2O5S/c1-2-26-19(23)20-17-12-16(14-10-6-7-11-15(14)18(17)22)21-27(24,25)13-8-4-3-5-9-13/h3-12H,2H2,1H3,(H,20,23). The van der Waals surface area contributed by atoms with Gasteiger partial charge in [-0.3, -0.25) is 10.1 Å². The Morgan fingerprint density at radius 1 is 1.04 bits per heavy atom. The van der Waals surface area contributed by atoms with Crippen molar-refractivity contribution in [3.05, 3.63) is 77.5 Å². The molecule has 0 radical (unpaired) electrons. The van der Waals surface area contributed by atoms with Gasteiger partial charge in [0.25, 0.3) is 10.0 Å². The fourth-order valence-corrected chi connectivity index (χ4v) is 3.57. The topological polar surface area (TPSA) is 102 Å². The first kappa shape index (κ1) is 18.5. The van der Waals surface area contributed by atoms with Crippen molar-refractivity contribution in [3.8, 4) is 0 Å². The van der Waals surface area contributed by atoms with Crippen LogP contribution in [-0.4, -0.2) is 32.6 Å². The number of fused-ring (bicyclic) bond motifs is 1. The molecule has 0 heterocycles. The van der Waals surface area contributed by atoms with Crippen LogP contribution in [0.5, 0.6) is 0 Å². The number of amides is 1. The van der Waals surface area contributed by atoms with Crippen molar-refractivity contribution in [1.29, 1.82) is 0 Å². The fraction of sp³-hybridized carbons (Fsp3) is 0.105. The van der Waals surface area contributed by atoms with Gasteiger partial charge in [-0.1, -0.05) is 42.5 Å². The maximum absolute atomic E-state index is 12.6. The van der Waals surface area contributed by atoms with Gasteiger partial charge in [0, 0.05) is 11.1 Å². The van der Waals surface area contributed by atoms with Crippen LogP contribution in [0.3, 0.4) is 0 Å². The van der Waals surface area contributed by atoms with Crippen LogP contribution in [0.2, 0.25) is 0 Å². The van der Waals surface area contributed by atoms with Crippen LogP contribution in [0.15, 0.2) is 75.7 Å². The second-order valence-corrected chi connectivity index (χ2v) is 7.15. The number of sulfonamides is 1. The van der Waals surface area contributed by atoms with E-state index < -0.39 is 21.9 Å². The smallest absolute Gasteiger partial charge is 0.411 e. The molecule has 1 amide bonds. The molecule has 27 heavy (non-hydrogen) atoms. The maximum Gasteiger partial charge on any atom is 0.411 e. The van der Waals surface area contributed by atoms with Gasteiger partial charge in [-0.25, -0.2) is 4.79 Å². The summed E-state index contributed by atoms with van der Waals surface area (Å²) in [7, 11) is -3.99. The number of hydrogen-bond donors (Lipinski definition) is 1. The van der Waals surface area contributed by atoms with Crippen LogP contribution in [0.25, 0.3) is 0 Å². The largest absolute Gasteiger partial charge is 0.450 e. The van der Waals surface area contributed by atoms with Gasteiger partial charge < -0.3 is 4.74 Å². The first-order valence-corrected chi connectivity index (χ1v) is 9.56. The average molecular weight is 384 g/mol. The number of carbonyl (C=O) groups is 2. The fourth-order valence-electron chi connectivity index (χ4n) is 2.55. The van der Waals surface area contributed by atoms with Gasteiger partial charge in [0.1, 0.15) is 0 Å². The summed E-state index contributed by atoms with van der Waals surface area (Å²) in [6, 6.07) is 14.2. The minimum Gasteiger partial charge on any atom is -0.450 e. The molecular formula is C19H16N2O5S. The lowest BCUT2D eigenvalue weighted by molar-refractivity contribution is 0.101. The number of allylic oxidation sites excluding steroid dienone is 2. The first-order valence-electron chi connectivity index (χ1n) is 8.12. The van der Waals surface area contributed by atoms with Crippen molar-refractivity contribution in [2.45, 2.75) is 11.8 Å². The average Bonchev–Trinajstić information content (AvgIpc) is 2.66. The van der Waals surface area contributed by atoms with E-state index in [9.17, 15) is 18.0 Å². The molecule has 0 saturated heterocycles. The number of ether oxygens (including phenoxy) is 1. The second kappa shape index (κ2) is 7.55. The normalized spacial score (nSPS) is 15.1. The molecule has 0 aliphatic heterocycles. The van der Waals surface area contributed by atoms with Crippen molar-refractivity contribution in [2.75, 3.05) is 6.61 Å². The van der Waals surface area contributed by atoms with Gasteiger partial charge in [0.2, 0.25) is 5.78 Å². The third-order valence-corrected chi connectivity index (χ3v) is 5.05. The molecule has 0 atom stereocenters. The molecular weight excluding hydrogens is 368 g/mol. The molecule has 0 unspecified atom stereocenters. The third-order valence-electron chi connectivity index (χ3n) is 3.75. The molecule has 1 aliphatic rings. The second-order valence-electron chi connectivity index (χ2n) is 5.54. The van der Waals surface area contributed by atoms with Crippen molar-refractivity contribution in [2.24, 2.45) is 4.40 Å². The number of benzene rings is 2. The minimum absolute atomic E-state index is 0.0279. The van der Waals surface area contributed by atoms with Crippen LogP contribution in [-0.2, 0) is 14.8 Å². The van der Waals surface area contributed by atoms with E-state index in [0.29, 0.717) is 5.56 Å². The SMILES string of the molecule is CCOC(=O)NC1=CC(=NS(=O)(=O)c2ccccc2)c2ccccc2C1=O. The number of alkyl carbamates (subject to hydrolysis) is 1. The van der Waals surface area contributed by atoms with Crippen LogP contribution in [0.4, 0.5) is 4.79 Å². The molecule has 138 valence electrons. The van der Waals surface area contributed by atoms with Crippen LogP contribution >= 0.6 is 0 Å². The number of nitrogens with zero attached hydrogens (tertiary/aromatic N) is 1. The number of nitrogens with one attached hydrogen (secondary N) is 1. The molecule has 8 heteroatoms. The Morgan fingerprint density at radius 2 is 1.67 bits per heavy atom. The van der Waals surface area contributed by atoms with E-state index in [-0.39, 0.29) is 28.5 Å². The molecule has 0 fully saturated rings. The molecule has 0 spiro atoms. The Labute approximate surface area is 156 Å². The van der Waals surface area contributed by atoms with Crippen LogP contribution in [0.1, 0.15) is 22.8 Å². The lowest BCUT2D eigenvalue weighted by atomic mass is 9.92. The zero-order valence-electron chi connectivity index (χ0n) is 14.4. The summed E-state index contributed by atoms with van der Waals surface area (Å²) in [5.74, 6) is -0.449. The van der Waals surface area contributed by atoms with Gasteiger partial charge in [0.15, 0.2) is 0 Å². The third kappa shape index (κ3) is 3.95. The van der Waals surface area contributed by atoms with Gasteiger partial charge in [-0.15, -0.1) is 0 Å². The zero-order valence-corrected chi connectivity index (χ0v) is 15.2. The molecule has 2 aromatic carbocycles. The van der Waals surface area contributed by atoms with E-state index in [2.05, 4.69) is 9.71 Å². The molecule has 7 nitrogen and oxygen atoms in total. The molecule has 0 saturated carbocycles. The predicted molar refractivity (Wildman–Crippen MR) is 99.2 cm³/mol. The number of carbonyl (C=O) groups excluding carboxylic acids is 2. The van der Waals surface area contributed by atoms with E-state index in [1.54, 1.807) is 49.4 Å². The van der Waals surface area contributed by atoms with Crippen molar-refractivity contribution >= 4 is 27.6 Å². The summed E-state index contributed by atoms with van der Waals surface area (Å²) in [5, 5.41) is 2.34. The monoisotopic (exact) mass is 384 g/mol. The molecule has 1 aliphatic carbocycles. The van der Waals surface area contributed by atoms with Gasteiger partial charge >= 0.3 is 6.09 Å². The highest BCUT2D eigenvalue weighted by Gasteiger charge is 2.27.